The molecule has 0 radical (unpaired) electrons. The van der Waals surface area contributed by atoms with E-state index in [0.29, 0.717) is 12.1 Å². The van der Waals surface area contributed by atoms with Gasteiger partial charge in [-0.3, -0.25) is 9.59 Å². The minimum absolute atomic E-state index is 0.154. The molecule has 0 fully saturated rings. The van der Waals surface area contributed by atoms with Gasteiger partial charge in [-0.05, 0) is 31.2 Å². The Labute approximate surface area is 173 Å². The molecule has 1 amide bonds. The lowest BCUT2D eigenvalue weighted by Gasteiger charge is -2.25. The summed E-state index contributed by atoms with van der Waals surface area (Å²) in [5.41, 5.74) is 1.59. The zero-order valence-corrected chi connectivity index (χ0v) is 16.9. The third-order valence-electron chi connectivity index (χ3n) is 4.32. The summed E-state index contributed by atoms with van der Waals surface area (Å²) in [7, 11) is 0. The Balaban J connectivity index is 1.58. The third-order valence-corrected chi connectivity index (χ3v) is 5.41. The van der Waals surface area contributed by atoms with Crippen molar-refractivity contribution in [2.75, 3.05) is 11.4 Å². The molecule has 2 aromatic carbocycles. The maximum absolute atomic E-state index is 12.8. The maximum Gasteiger partial charge on any atom is 0.306 e. The first-order valence-electron chi connectivity index (χ1n) is 9.36. The van der Waals surface area contributed by atoms with Crippen molar-refractivity contribution in [3.63, 3.8) is 0 Å². The van der Waals surface area contributed by atoms with Gasteiger partial charge in [0.25, 0.3) is 5.91 Å². The predicted molar refractivity (Wildman–Crippen MR) is 113 cm³/mol. The smallest absolute Gasteiger partial charge is 0.306 e. The van der Waals surface area contributed by atoms with Crippen LogP contribution in [-0.2, 0) is 20.7 Å². The highest BCUT2D eigenvalue weighted by Crippen LogP contribution is 2.22. The summed E-state index contributed by atoms with van der Waals surface area (Å²) in [5.74, 6) is -0.793. The van der Waals surface area contributed by atoms with E-state index in [2.05, 4.69) is 4.98 Å². The number of ether oxygens (including phenoxy) is 1. The number of benzene rings is 2. The van der Waals surface area contributed by atoms with Gasteiger partial charge in [-0.2, -0.15) is 5.26 Å². The van der Waals surface area contributed by atoms with Crippen molar-refractivity contribution >= 4 is 39.1 Å². The topological polar surface area (TPSA) is 83.3 Å². The van der Waals surface area contributed by atoms with E-state index in [-0.39, 0.29) is 25.3 Å². The van der Waals surface area contributed by atoms with Crippen molar-refractivity contribution in [3.8, 4) is 6.07 Å². The predicted octanol–water partition coefficient (Wildman–Crippen LogP) is 4.11. The van der Waals surface area contributed by atoms with E-state index in [0.717, 1.165) is 15.2 Å². The fourth-order valence-electron chi connectivity index (χ4n) is 2.90. The number of aryl methyl sites for hydroxylation is 1. The molecule has 7 heteroatoms. The molecular formula is C22H21N3O3S. The zero-order valence-electron chi connectivity index (χ0n) is 16.1. The number of nitrogens with zero attached hydrogens (tertiary/aromatic N) is 3. The lowest BCUT2D eigenvalue weighted by atomic mass is 10.2. The van der Waals surface area contributed by atoms with E-state index in [4.69, 9.17) is 10.00 Å². The van der Waals surface area contributed by atoms with Crippen LogP contribution in [-0.4, -0.2) is 29.5 Å². The molecule has 0 bridgehead atoms. The fourth-order valence-corrected chi connectivity index (χ4v) is 3.86. The quantitative estimate of drug-likeness (QED) is 0.525. The largest absolute Gasteiger partial charge is 0.453 e. The highest BCUT2D eigenvalue weighted by atomic mass is 32.1. The second-order valence-electron chi connectivity index (χ2n) is 6.44. The van der Waals surface area contributed by atoms with Crippen LogP contribution in [0, 0.1) is 11.3 Å². The Hall–Kier alpha value is -3.24. The summed E-state index contributed by atoms with van der Waals surface area (Å²) in [6.07, 6.45) is -0.118. The molecule has 0 unspecified atom stereocenters. The van der Waals surface area contributed by atoms with Gasteiger partial charge in [0.2, 0.25) is 0 Å². The Bertz CT molecular complexity index is 993. The lowest BCUT2D eigenvalue weighted by molar-refractivity contribution is -0.153. The highest BCUT2D eigenvalue weighted by Gasteiger charge is 2.25. The van der Waals surface area contributed by atoms with Crippen molar-refractivity contribution in [2.45, 2.75) is 32.3 Å². The minimum atomic E-state index is -0.934. The molecule has 29 heavy (non-hydrogen) atoms. The maximum atomic E-state index is 12.8. The zero-order chi connectivity index (χ0) is 20.6. The van der Waals surface area contributed by atoms with Gasteiger partial charge in [0.15, 0.2) is 6.10 Å². The van der Waals surface area contributed by atoms with Crippen LogP contribution >= 0.6 is 11.3 Å². The van der Waals surface area contributed by atoms with E-state index >= 15 is 0 Å². The first-order valence-corrected chi connectivity index (χ1v) is 10.2. The number of anilines is 1. The molecule has 1 atom stereocenters. The van der Waals surface area contributed by atoms with Crippen LogP contribution in [0.2, 0.25) is 0 Å². The molecule has 6 nitrogen and oxygen atoms in total. The van der Waals surface area contributed by atoms with E-state index in [9.17, 15) is 9.59 Å². The SMILES string of the molecule is C[C@@H](OC(=O)CCc1nc2ccccc2s1)C(=O)N(CCC#N)c1ccccc1. The average molecular weight is 407 g/mol. The summed E-state index contributed by atoms with van der Waals surface area (Å²) in [4.78, 5) is 31.0. The number of fused-ring (bicyclic) bond motifs is 1. The van der Waals surface area contributed by atoms with Crippen molar-refractivity contribution in [2.24, 2.45) is 0 Å². The number of carbonyl (C=O) groups excluding carboxylic acids is 2. The van der Waals surface area contributed by atoms with Gasteiger partial charge in [-0.1, -0.05) is 30.3 Å². The standard InChI is InChI=1S/C22H21N3O3S/c1-16(22(27)25(15-7-14-23)17-8-3-2-4-9-17)28-21(26)13-12-20-24-18-10-5-6-11-19(18)29-20/h2-6,8-11,16H,7,12-13,15H2,1H3/t16-/m1/s1. The molecular weight excluding hydrogens is 386 g/mol. The lowest BCUT2D eigenvalue weighted by Crippen LogP contribution is -2.40. The Morgan fingerprint density at radius 1 is 1.17 bits per heavy atom. The van der Waals surface area contributed by atoms with Gasteiger partial charge in [0.1, 0.15) is 0 Å². The van der Waals surface area contributed by atoms with Crippen LogP contribution in [0.5, 0.6) is 0 Å². The molecule has 0 saturated carbocycles. The number of esters is 1. The molecule has 0 aliphatic heterocycles. The summed E-state index contributed by atoms with van der Waals surface area (Å²) >= 11 is 1.55. The first kappa shape index (κ1) is 20.5. The molecule has 0 spiro atoms. The highest BCUT2D eigenvalue weighted by molar-refractivity contribution is 7.18. The molecule has 0 saturated heterocycles. The van der Waals surface area contributed by atoms with Crippen molar-refractivity contribution in [1.29, 1.82) is 5.26 Å². The molecule has 1 aromatic heterocycles. The van der Waals surface area contributed by atoms with Crippen LogP contribution in [0.3, 0.4) is 0 Å². The number of rotatable bonds is 8. The molecule has 148 valence electrons. The average Bonchev–Trinajstić information content (AvgIpc) is 3.16. The van der Waals surface area contributed by atoms with Crippen LogP contribution in [0.4, 0.5) is 5.69 Å². The normalized spacial score (nSPS) is 11.6. The van der Waals surface area contributed by atoms with Gasteiger partial charge >= 0.3 is 5.97 Å². The van der Waals surface area contributed by atoms with Crippen LogP contribution in [0.25, 0.3) is 10.2 Å². The van der Waals surface area contributed by atoms with Gasteiger partial charge in [0, 0.05) is 18.7 Å². The first-order chi connectivity index (χ1) is 14.1. The Kier molecular flexibility index (Phi) is 6.93. The van der Waals surface area contributed by atoms with Gasteiger partial charge in [-0.15, -0.1) is 11.3 Å². The number of amides is 1. The number of hydrogen-bond donors (Lipinski definition) is 0. The van der Waals surface area contributed by atoms with Gasteiger partial charge in [0.05, 0.1) is 34.1 Å². The van der Waals surface area contributed by atoms with Gasteiger partial charge < -0.3 is 9.64 Å². The number of nitriles is 1. The van der Waals surface area contributed by atoms with E-state index < -0.39 is 12.1 Å². The number of hydrogen-bond acceptors (Lipinski definition) is 6. The summed E-state index contributed by atoms with van der Waals surface area (Å²) in [6, 6.07) is 18.9. The number of thiazole rings is 1. The van der Waals surface area contributed by atoms with Crippen LogP contribution in [0.1, 0.15) is 24.8 Å². The summed E-state index contributed by atoms with van der Waals surface area (Å²) in [5, 5.41) is 9.74. The van der Waals surface area contributed by atoms with Crippen LogP contribution < -0.4 is 4.90 Å². The van der Waals surface area contributed by atoms with Crippen molar-refractivity contribution in [1.82, 2.24) is 4.98 Å². The monoisotopic (exact) mass is 407 g/mol. The summed E-state index contributed by atoms with van der Waals surface area (Å²) < 4.78 is 6.43. The molecule has 0 aliphatic rings. The Morgan fingerprint density at radius 3 is 2.62 bits per heavy atom. The van der Waals surface area contributed by atoms with Gasteiger partial charge in [-0.25, -0.2) is 4.98 Å². The van der Waals surface area contributed by atoms with Crippen molar-refractivity contribution < 1.29 is 14.3 Å². The molecule has 0 aliphatic carbocycles. The molecule has 3 aromatic rings. The Morgan fingerprint density at radius 2 is 1.90 bits per heavy atom. The summed E-state index contributed by atoms with van der Waals surface area (Å²) in [6.45, 7) is 1.80. The fraction of sp³-hybridized carbons (Fsp3) is 0.273. The van der Waals surface area contributed by atoms with E-state index in [1.165, 1.54) is 4.90 Å². The third kappa shape index (κ3) is 5.39. The second kappa shape index (κ2) is 9.80. The van der Waals surface area contributed by atoms with E-state index in [1.807, 2.05) is 48.5 Å². The molecule has 0 N–H and O–H groups in total. The van der Waals surface area contributed by atoms with E-state index in [1.54, 1.807) is 30.4 Å². The number of aromatic nitrogens is 1. The minimum Gasteiger partial charge on any atom is -0.453 e. The number of carbonyl (C=O) groups is 2. The van der Waals surface area contributed by atoms with Crippen LogP contribution in [0.15, 0.2) is 54.6 Å². The molecule has 1 heterocycles. The number of para-hydroxylation sites is 2. The second-order valence-corrected chi connectivity index (χ2v) is 7.56. The molecule has 3 rings (SSSR count). The van der Waals surface area contributed by atoms with Crippen molar-refractivity contribution in [3.05, 3.63) is 59.6 Å².